The van der Waals surface area contributed by atoms with E-state index in [1.165, 1.54) is 0 Å². The van der Waals surface area contributed by atoms with Crippen LogP contribution in [0.3, 0.4) is 0 Å². The molecule has 0 radical (unpaired) electrons. The van der Waals surface area contributed by atoms with E-state index in [2.05, 4.69) is 19.4 Å². The first-order valence-electron chi connectivity index (χ1n) is 10.7. The molecule has 0 saturated carbocycles. The average molecular weight is 458 g/mol. The van der Waals surface area contributed by atoms with Crippen LogP contribution < -0.4 is 10.6 Å². The third-order valence-corrected chi connectivity index (χ3v) is 6.21. The normalized spacial score (nSPS) is 16.8. The number of phenolic OH excluding ortho intramolecular Hbond substituents is 1. The number of carbonyl (C=O) groups excluding carboxylic acids is 1. The fourth-order valence-corrected chi connectivity index (χ4v) is 4.41. The number of benzene rings is 1. The number of aliphatic hydroxyl groups is 1. The summed E-state index contributed by atoms with van der Waals surface area (Å²) in [5.74, 6) is 2.18. The number of aryl methyl sites for hydroxylation is 1. The summed E-state index contributed by atoms with van der Waals surface area (Å²) in [7, 11) is 0. The number of nitrogens with zero attached hydrogens (tertiary/aromatic N) is 3. The number of para-hydroxylation sites is 1. The number of aromatic hydroxyl groups is 1. The SMILES string of the molecule is CCC(Nc1nsnc1Nc1cccc(C(=O)N2CCC[C@H]2CO)c1O)c1ccc(C)o1. The first kappa shape index (κ1) is 22.1. The van der Waals surface area contributed by atoms with Crippen LogP contribution in [-0.4, -0.2) is 49.0 Å². The summed E-state index contributed by atoms with van der Waals surface area (Å²) < 4.78 is 14.4. The first-order chi connectivity index (χ1) is 15.5. The molecule has 4 N–H and O–H groups in total. The fraction of sp³-hybridized carbons (Fsp3) is 0.409. The Morgan fingerprint density at radius 3 is 2.84 bits per heavy atom. The highest BCUT2D eigenvalue weighted by Gasteiger charge is 2.30. The molecule has 0 spiro atoms. The molecule has 2 atom stereocenters. The van der Waals surface area contributed by atoms with Gasteiger partial charge >= 0.3 is 0 Å². The minimum absolute atomic E-state index is 0.0831. The Kier molecular flexibility index (Phi) is 6.61. The van der Waals surface area contributed by atoms with E-state index in [0.29, 0.717) is 23.9 Å². The molecule has 1 saturated heterocycles. The van der Waals surface area contributed by atoms with Crippen molar-refractivity contribution in [3.05, 3.63) is 47.4 Å². The number of furan rings is 1. The Bertz CT molecular complexity index is 1080. The molecule has 0 bridgehead atoms. The molecule has 2 aromatic heterocycles. The van der Waals surface area contributed by atoms with Crippen molar-refractivity contribution < 1.29 is 19.4 Å². The number of carbonyl (C=O) groups is 1. The number of aromatic nitrogens is 2. The van der Waals surface area contributed by atoms with E-state index >= 15 is 0 Å². The molecule has 1 aliphatic rings. The molecule has 1 aromatic carbocycles. The van der Waals surface area contributed by atoms with Crippen LogP contribution in [0.4, 0.5) is 17.3 Å². The summed E-state index contributed by atoms with van der Waals surface area (Å²) in [5, 5.41) is 26.8. The second-order valence-corrected chi connectivity index (χ2v) is 8.35. The van der Waals surface area contributed by atoms with Gasteiger partial charge in [-0.3, -0.25) is 4.79 Å². The van der Waals surface area contributed by atoms with Crippen LogP contribution in [0.1, 0.15) is 54.1 Å². The van der Waals surface area contributed by atoms with E-state index in [1.54, 1.807) is 23.1 Å². The lowest BCUT2D eigenvalue weighted by Gasteiger charge is -2.24. The van der Waals surface area contributed by atoms with Gasteiger partial charge in [0.25, 0.3) is 5.91 Å². The molecule has 3 aromatic rings. The van der Waals surface area contributed by atoms with Gasteiger partial charge in [0.05, 0.1) is 41.7 Å². The predicted octanol–water partition coefficient (Wildman–Crippen LogP) is 4.05. The van der Waals surface area contributed by atoms with Crippen LogP contribution in [0.25, 0.3) is 0 Å². The van der Waals surface area contributed by atoms with Crippen molar-refractivity contribution in [3.63, 3.8) is 0 Å². The molecule has 170 valence electrons. The Labute approximate surface area is 190 Å². The molecular weight excluding hydrogens is 430 g/mol. The zero-order valence-electron chi connectivity index (χ0n) is 18.0. The van der Waals surface area contributed by atoms with Crippen molar-refractivity contribution in [1.82, 2.24) is 13.6 Å². The van der Waals surface area contributed by atoms with E-state index in [0.717, 1.165) is 42.5 Å². The van der Waals surface area contributed by atoms with Gasteiger partial charge < -0.3 is 30.2 Å². The summed E-state index contributed by atoms with van der Waals surface area (Å²) in [4.78, 5) is 14.6. The van der Waals surface area contributed by atoms with Gasteiger partial charge in [0, 0.05) is 6.54 Å². The summed E-state index contributed by atoms with van der Waals surface area (Å²) >= 11 is 1.04. The largest absolute Gasteiger partial charge is 0.505 e. The van der Waals surface area contributed by atoms with Gasteiger partial charge in [0.2, 0.25) is 0 Å². The molecule has 0 aliphatic carbocycles. The van der Waals surface area contributed by atoms with Crippen LogP contribution >= 0.6 is 11.7 Å². The Morgan fingerprint density at radius 1 is 1.31 bits per heavy atom. The van der Waals surface area contributed by atoms with Crippen LogP contribution in [-0.2, 0) is 0 Å². The molecule has 10 heteroatoms. The smallest absolute Gasteiger partial charge is 0.258 e. The molecule has 9 nitrogen and oxygen atoms in total. The van der Waals surface area contributed by atoms with Gasteiger partial charge in [-0.1, -0.05) is 13.0 Å². The van der Waals surface area contributed by atoms with Crippen molar-refractivity contribution in [2.24, 2.45) is 0 Å². The van der Waals surface area contributed by atoms with Crippen LogP contribution in [0.2, 0.25) is 0 Å². The summed E-state index contributed by atoms with van der Waals surface area (Å²) in [6.45, 7) is 4.42. The minimum atomic E-state index is -0.295. The number of hydrogen-bond donors (Lipinski definition) is 4. The number of rotatable bonds is 8. The zero-order chi connectivity index (χ0) is 22.7. The highest BCUT2D eigenvalue weighted by atomic mass is 32.1. The molecule has 1 amide bonds. The van der Waals surface area contributed by atoms with E-state index in [-0.39, 0.29) is 35.9 Å². The fourth-order valence-electron chi connectivity index (χ4n) is 3.94. The minimum Gasteiger partial charge on any atom is -0.505 e. The maximum absolute atomic E-state index is 13.0. The van der Waals surface area contributed by atoms with E-state index in [1.807, 2.05) is 26.0 Å². The molecule has 1 aliphatic heterocycles. The molecule has 3 heterocycles. The van der Waals surface area contributed by atoms with E-state index in [9.17, 15) is 15.0 Å². The van der Waals surface area contributed by atoms with Gasteiger partial charge in [-0.2, -0.15) is 8.75 Å². The van der Waals surface area contributed by atoms with Gasteiger partial charge in [0.15, 0.2) is 17.4 Å². The first-order valence-corrected chi connectivity index (χ1v) is 11.4. The van der Waals surface area contributed by atoms with Crippen LogP contribution in [0.5, 0.6) is 5.75 Å². The third-order valence-electron chi connectivity index (χ3n) is 5.68. The lowest BCUT2D eigenvalue weighted by Crippen LogP contribution is -2.37. The monoisotopic (exact) mass is 457 g/mol. The molecule has 1 fully saturated rings. The molecule has 32 heavy (non-hydrogen) atoms. The van der Waals surface area contributed by atoms with Gasteiger partial charge in [0.1, 0.15) is 11.5 Å². The third kappa shape index (κ3) is 4.42. The number of phenols is 1. The number of hydrogen-bond acceptors (Lipinski definition) is 9. The summed E-state index contributed by atoms with van der Waals surface area (Å²) in [6.07, 6.45) is 2.37. The van der Waals surface area contributed by atoms with Crippen molar-refractivity contribution in [2.45, 2.75) is 45.2 Å². The van der Waals surface area contributed by atoms with Gasteiger partial charge in [-0.15, -0.1) is 0 Å². The second-order valence-electron chi connectivity index (χ2n) is 7.82. The number of likely N-dealkylation sites (tertiary alicyclic amines) is 1. The number of nitrogens with one attached hydrogen (secondary N) is 2. The highest BCUT2D eigenvalue weighted by Crippen LogP contribution is 2.35. The predicted molar refractivity (Wildman–Crippen MR) is 123 cm³/mol. The van der Waals surface area contributed by atoms with Gasteiger partial charge in [-0.25, -0.2) is 0 Å². The highest BCUT2D eigenvalue weighted by molar-refractivity contribution is 6.99. The van der Waals surface area contributed by atoms with E-state index < -0.39 is 0 Å². The Morgan fingerprint density at radius 2 is 2.12 bits per heavy atom. The lowest BCUT2D eigenvalue weighted by atomic mass is 10.1. The number of amides is 1. The van der Waals surface area contributed by atoms with Crippen molar-refractivity contribution in [1.29, 1.82) is 0 Å². The summed E-state index contributed by atoms with van der Waals surface area (Å²) in [5.41, 5.74) is 0.541. The van der Waals surface area contributed by atoms with Crippen molar-refractivity contribution in [3.8, 4) is 5.75 Å². The molecule has 4 rings (SSSR count). The number of aliphatic hydroxyl groups excluding tert-OH is 1. The van der Waals surface area contributed by atoms with Crippen molar-refractivity contribution >= 4 is 35.0 Å². The Hall–Kier alpha value is -3.11. The topological polar surface area (TPSA) is 124 Å². The average Bonchev–Trinajstić information content (AvgIpc) is 3.54. The second kappa shape index (κ2) is 9.58. The summed E-state index contributed by atoms with van der Waals surface area (Å²) in [6, 6.07) is 8.51. The van der Waals surface area contributed by atoms with Crippen LogP contribution in [0, 0.1) is 6.92 Å². The standard InChI is InChI=1S/C22H27N5O4S/c1-3-16(18-10-9-13(2)31-18)23-20-21(26-32-25-20)24-17-8-4-7-15(19(17)29)22(30)27-11-5-6-14(27)12-28/h4,7-10,14,16,28-29H,3,5-6,11-12H2,1-2H3,(H,23,25)(H,24,26)/t14-,16?/m0/s1. The molecule has 1 unspecified atom stereocenters. The zero-order valence-corrected chi connectivity index (χ0v) is 18.9. The Balaban J connectivity index is 1.54. The van der Waals surface area contributed by atoms with E-state index in [4.69, 9.17) is 4.42 Å². The van der Waals surface area contributed by atoms with Crippen molar-refractivity contribution in [2.75, 3.05) is 23.8 Å². The quantitative estimate of drug-likeness (QED) is 0.374. The maximum Gasteiger partial charge on any atom is 0.258 e. The molecular formula is C22H27N5O4S. The number of anilines is 3. The van der Waals surface area contributed by atoms with Crippen LogP contribution in [0.15, 0.2) is 34.7 Å². The maximum atomic E-state index is 13.0. The lowest BCUT2D eigenvalue weighted by molar-refractivity contribution is 0.0674. The van der Waals surface area contributed by atoms with Gasteiger partial charge in [-0.05, 0) is 50.5 Å².